The number of halogens is 4. The zero-order chi connectivity index (χ0) is 55.2. The summed E-state index contributed by atoms with van der Waals surface area (Å²) in [6, 6.07) is 8.66. The number of thiazole rings is 1. The molecular weight excluding hydrogens is 1010 g/mol. The van der Waals surface area contributed by atoms with Crippen molar-refractivity contribution in [2.45, 2.75) is 97.4 Å². The maximum absolute atomic E-state index is 16.2. The zero-order valence-corrected chi connectivity index (χ0v) is 44.3. The number of aryl methyl sites for hydroxylation is 1. The summed E-state index contributed by atoms with van der Waals surface area (Å²) in [4.78, 5) is 93.4. The van der Waals surface area contributed by atoms with Crippen LogP contribution < -0.4 is 26.4 Å². The molecule has 0 saturated carbocycles. The Hall–Kier alpha value is -6.53. The van der Waals surface area contributed by atoms with Crippen LogP contribution in [0.4, 0.5) is 28.9 Å². The van der Waals surface area contributed by atoms with E-state index in [1.165, 1.54) is 21.9 Å². The number of benzene rings is 2. The summed E-state index contributed by atoms with van der Waals surface area (Å²) >= 11 is 1.54. The van der Waals surface area contributed by atoms with Gasteiger partial charge in [-0.25, -0.2) is 9.37 Å². The molecule has 0 bridgehead atoms. The number of aromatic nitrogens is 2. The molecule has 4 aromatic rings. The van der Waals surface area contributed by atoms with Crippen molar-refractivity contribution < 1.29 is 56.1 Å². The Morgan fingerprint density at radius 3 is 2.28 bits per heavy atom. The smallest absolute Gasteiger partial charge is 0.391 e. The van der Waals surface area contributed by atoms with Gasteiger partial charge in [0, 0.05) is 75.6 Å². The second kappa shape index (κ2) is 24.2. The Morgan fingerprint density at radius 2 is 1.66 bits per heavy atom. The number of rotatable bonds is 17. The number of carbonyl (C=O) groups is 5. The zero-order valence-electron chi connectivity index (χ0n) is 43.5. The van der Waals surface area contributed by atoms with Crippen LogP contribution in [-0.2, 0) is 41.4 Å². The number of piperazine rings is 1. The molecule has 76 heavy (non-hydrogen) atoms. The quantitative estimate of drug-likeness (QED) is 0.0681. The number of nitrogens with one attached hydrogen (secondary N) is 4. The molecule has 5 amide bonds. The topological polar surface area (TPSA) is 219 Å². The number of pyridine rings is 1. The van der Waals surface area contributed by atoms with Gasteiger partial charge in [0.25, 0.3) is 5.91 Å². The van der Waals surface area contributed by atoms with Crippen LogP contribution in [0.5, 0.6) is 0 Å². The lowest BCUT2D eigenvalue weighted by atomic mass is 9.85. The molecule has 410 valence electrons. The van der Waals surface area contributed by atoms with Crippen molar-refractivity contribution in [2.24, 2.45) is 5.41 Å². The summed E-state index contributed by atoms with van der Waals surface area (Å²) in [5.41, 5.74) is 1.44. The van der Waals surface area contributed by atoms with Crippen molar-refractivity contribution in [2.75, 3.05) is 76.4 Å². The molecular formula is C53H65F4N9O9S. The number of hydrogen-bond acceptors (Lipinski definition) is 13. The first-order valence-corrected chi connectivity index (χ1v) is 25.9. The van der Waals surface area contributed by atoms with Crippen LogP contribution in [0.3, 0.4) is 0 Å². The predicted octanol–water partition coefficient (Wildman–Crippen LogP) is 5.20. The Kier molecular flexibility index (Phi) is 18.2. The molecule has 5 N–H and O–H groups in total. The number of hydrogen-bond donors (Lipinski definition) is 5. The minimum absolute atomic E-state index is 0.0147. The lowest BCUT2D eigenvalue weighted by Gasteiger charge is -2.44. The van der Waals surface area contributed by atoms with Crippen LogP contribution in [0.25, 0.3) is 16.0 Å². The summed E-state index contributed by atoms with van der Waals surface area (Å²) in [5, 5.41) is 18.8. The Labute approximate surface area is 441 Å². The van der Waals surface area contributed by atoms with Gasteiger partial charge >= 0.3 is 6.18 Å². The Morgan fingerprint density at radius 1 is 0.974 bits per heavy atom. The minimum Gasteiger partial charge on any atom is -0.391 e. The maximum atomic E-state index is 16.2. The second-order valence-electron chi connectivity index (χ2n) is 20.6. The molecule has 3 aliphatic heterocycles. The van der Waals surface area contributed by atoms with Crippen molar-refractivity contribution >= 4 is 57.8 Å². The average molecular weight is 1080 g/mol. The molecule has 2 aromatic heterocycles. The molecule has 2 fully saturated rings. The number of β-amino-alcohol motifs (C(OH)–C–C–N with tert-alkyl or cyclic N) is 1. The minimum atomic E-state index is -5.01. The first-order valence-electron chi connectivity index (χ1n) is 25.0. The highest BCUT2D eigenvalue weighted by molar-refractivity contribution is 7.13. The Balaban J connectivity index is 0.892. The number of anilines is 2. The summed E-state index contributed by atoms with van der Waals surface area (Å²) in [6.07, 6.45) is -3.37. The van der Waals surface area contributed by atoms with Crippen molar-refractivity contribution in [1.29, 1.82) is 0 Å². The number of ether oxygens (including phenoxy) is 2. The van der Waals surface area contributed by atoms with Gasteiger partial charge in [-0.2, -0.15) is 13.2 Å². The number of likely N-dealkylation sites (N-methyl/N-ethyl adjacent to an activating group) is 1. The van der Waals surface area contributed by atoms with Gasteiger partial charge in [-0.15, -0.1) is 11.3 Å². The molecule has 2 saturated heterocycles. The lowest BCUT2D eigenvalue weighted by molar-refractivity contribution is -0.144. The normalized spacial score (nSPS) is 19.8. The Bertz CT molecular complexity index is 2860. The van der Waals surface area contributed by atoms with E-state index in [0.717, 1.165) is 21.7 Å². The molecule has 0 unspecified atom stereocenters. The van der Waals surface area contributed by atoms with Crippen molar-refractivity contribution in [1.82, 2.24) is 35.3 Å². The third kappa shape index (κ3) is 13.9. The number of aliphatic hydroxyl groups excluding tert-OH is 1. The standard InChI is InChI=1S/C53H65F4N9O9S/c1-30-24-65(25-31(2)63(30)7)42-21-40(54)37(19-41(42)61-49(71)38-23-58-44(68)20-39(38)53(55,56)57)34-12-14-64(15-13-34)46(70)28-75-17-16-74-27-45(69)62-48(52(4,5)6)51(73)66-26-36(67)18-43(66)50(72)59-22-33-8-10-35(11-9-33)47-32(3)60-29-76-47/h8-12,19-21,23,29-31,36,43,48,67H,13-18,22,24-28H2,1-7H3,(H,58,68)(H,59,72)(H,61,71)(H,62,69)/t30-,31+,36-,43+,48-/m1/s1. The molecule has 3 aliphatic rings. The largest absolute Gasteiger partial charge is 0.417 e. The number of aromatic amines is 1. The SMILES string of the molecule is Cc1ncsc1-c1ccc(CNC(=O)[C@@H]2C[C@@H](O)CN2C(=O)[C@@H](NC(=O)COCCOCC(=O)N2CC=C(c3cc(NC(=O)c4c[nH]c(=O)cc4C(F)(F)F)c(N4C[C@@H](C)N(C)[C@@H](C)C4)cc3F)CC2)C(C)(C)C)cc1. The fraction of sp³-hybridized carbons (Fsp3) is 0.491. The van der Waals surface area contributed by atoms with Gasteiger partial charge in [-0.05, 0) is 68.5 Å². The molecule has 18 nitrogen and oxygen atoms in total. The van der Waals surface area contributed by atoms with Crippen molar-refractivity contribution in [3.8, 4) is 10.4 Å². The van der Waals surface area contributed by atoms with Gasteiger partial charge in [0.05, 0.1) is 57.9 Å². The van der Waals surface area contributed by atoms with E-state index in [9.17, 15) is 47.0 Å². The van der Waals surface area contributed by atoms with Crippen LogP contribution in [0.1, 0.15) is 80.2 Å². The van der Waals surface area contributed by atoms with E-state index in [1.807, 2.05) is 57.0 Å². The van der Waals surface area contributed by atoms with Crippen LogP contribution in [0.2, 0.25) is 0 Å². The van der Waals surface area contributed by atoms with E-state index in [1.54, 1.807) is 43.7 Å². The molecule has 5 heterocycles. The summed E-state index contributed by atoms with van der Waals surface area (Å²) in [7, 11) is 1.95. The van der Waals surface area contributed by atoms with Crippen LogP contribution in [-0.4, -0.2) is 156 Å². The number of likely N-dealkylation sites (tertiary alicyclic amines) is 1. The van der Waals surface area contributed by atoms with Gasteiger partial charge in [-0.1, -0.05) is 51.1 Å². The first kappa shape index (κ1) is 57.2. The predicted molar refractivity (Wildman–Crippen MR) is 278 cm³/mol. The van der Waals surface area contributed by atoms with E-state index < -0.39 is 82.5 Å². The maximum Gasteiger partial charge on any atom is 0.417 e. The van der Waals surface area contributed by atoms with Gasteiger partial charge < -0.3 is 50.2 Å². The van der Waals surface area contributed by atoms with Crippen molar-refractivity contribution in [3.63, 3.8) is 0 Å². The number of carbonyl (C=O) groups excluding carboxylic acids is 5. The number of aliphatic hydroxyl groups is 1. The second-order valence-corrected chi connectivity index (χ2v) is 21.4. The molecule has 23 heteroatoms. The van der Waals surface area contributed by atoms with Crippen LogP contribution in [0, 0.1) is 18.2 Å². The highest BCUT2D eigenvalue weighted by Crippen LogP contribution is 2.38. The van der Waals surface area contributed by atoms with Gasteiger partial charge in [0.15, 0.2) is 0 Å². The third-order valence-electron chi connectivity index (χ3n) is 14.0. The van der Waals surface area contributed by atoms with Gasteiger partial charge in [-0.3, -0.25) is 33.7 Å². The third-order valence-corrected chi connectivity index (χ3v) is 14.9. The van der Waals surface area contributed by atoms with E-state index in [2.05, 4.69) is 30.8 Å². The lowest BCUT2D eigenvalue weighted by Crippen LogP contribution is -2.58. The number of amides is 5. The summed E-state index contributed by atoms with van der Waals surface area (Å²) in [6.45, 7) is 11.5. The van der Waals surface area contributed by atoms with Gasteiger partial charge in [0.2, 0.25) is 29.2 Å². The van der Waals surface area contributed by atoms with E-state index >= 15 is 4.39 Å². The number of nitrogens with zero attached hydrogens (tertiary/aromatic N) is 5. The highest BCUT2D eigenvalue weighted by Gasteiger charge is 2.45. The van der Waals surface area contributed by atoms with E-state index in [4.69, 9.17) is 9.47 Å². The van der Waals surface area contributed by atoms with E-state index in [-0.39, 0.29) is 93.8 Å². The van der Waals surface area contributed by atoms with Crippen molar-refractivity contribution in [3.05, 3.63) is 104 Å². The molecule has 0 aliphatic carbocycles. The number of H-pyrrole nitrogens is 1. The molecule has 7 rings (SSSR count). The summed E-state index contributed by atoms with van der Waals surface area (Å²) in [5.74, 6) is -3.73. The highest BCUT2D eigenvalue weighted by atomic mass is 32.1. The summed E-state index contributed by atoms with van der Waals surface area (Å²) < 4.78 is 69.1. The van der Waals surface area contributed by atoms with Crippen LogP contribution in [0.15, 0.2) is 65.0 Å². The molecule has 2 aromatic carbocycles. The fourth-order valence-electron chi connectivity index (χ4n) is 9.51. The number of alkyl halides is 3. The van der Waals surface area contributed by atoms with E-state index in [0.29, 0.717) is 30.9 Å². The van der Waals surface area contributed by atoms with Gasteiger partial charge in [0.1, 0.15) is 31.1 Å². The molecule has 0 spiro atoms. The molecule has 0 radical (unpaired) electrons. The first-order chi connectivity index (χ1) is 35.9. The molecule has 5 atom stereocenters. The average Bonchev–Trinajstić information content (AvgIpc) is 3.99. The fourth-order valence-corrected chi connectivity index (χ4v) is 10.3. The van der Waals surface area contributed by atoms with Crippen LogP contribution >= 0.6 is 11.3 Å². The monoisotopic (exact) mass is 1080 g/mol.